The van der Waals surface area contributed by atoms with Crippen LogP contribution in [0.15, 0.2) is 48.7 Å². The minimum absolute atomic E-state index is 0.887. The SMILES string of the molecule is CCNc1cc(NCCCN(C)c2ccccc2)ccn1. The first-order valence-corrected chi connectivity index (χ1v) is 7.49. The van der Waals surface area contributed by atoms with E-state index in [1.807, 2.05) is 24.4 Å². The maximum atomic E-state index is 4.27. The molecule has 0 saturated carbocycles. The molecule has 0 bridgehead atoms. The molecule has 0 amide bonds. The highest BCUT2D eigenvalue weighted by molar-refractivity contribution is 5.51. The molecule has 2 aromatic rings. The second-order valence-electron chi connectivity index (χ2n) is 5.00. The van der Waals surface area contributed by atoms with Crippen molar-refractivity contribution in [2.75, 3.05) is 42.2 Å². The summed E-state index contributed by atoms with van der Waals surface area (Å²) in [5.74, 6) is 0.920. The Morgan fingerprint density at radius 1 is 1.10 bits per heavy atom. The topological polar surface area (TPSA) is 40.2 Å². The molecule has 0 saturated heterocycles. The van der Waals surface area contributed by atoms with Crippen molar-refractivity contribution in [1.29, 1.82) is 0 Å². The molecular formula is C17H24N4. The van der Waals surface area contributed by atoms with Crippen LogP contribution in [0.4, 0.5) is 17.2 Å². The fraction of sp³-hybridized carbons (Fsp3) is 0.353. The van der Waals surface area contributed by atoms with Crippen molar-refractivity contribution in [3.05, 3.63) is 48.7 Å². The quantitative estimate of drug-likeness (QED) is 0.728. The predicted molar refractivity (Wildman–Crippen MR) is 91.2 cm³/mol. The molecule has 2 N–H and O–H groups in total. The third-order valence-corrected chi connectivity index (χ3v) is 3.31. The lowest BCUT2D eigenvalue weighted by molar-refractivity contribution is 0.816. The Hall–Kier alpha value is -2.23. The van der Waals surface area contributed by atoms with Crippen LogP contribution < -0.4 is 15.5 Å². The van der Waals surface area contributed by atoms with Gasteiger partial charge in [-0.2, -0.15) is 0 Å². The molecule has 0 fully saturated rings. The highest BCUT2D eigenvalue weighted by atomic mass is 15.1. The first kappa shape index (κ1) is 15.2. The van der Waals surface area contributed by atoms with Gasteiger partial charge in [0.25, 0.3) is 0 Å². The van der Waals surface area contributed by atoms with E-state index in [-0.39, 0.29) is 0 Å². The molecular weight excluding hydrogens is 260 g/mol. The van der Waals surface area contributed by atoms with Gasteiger partial charge in [0.15, 0.2) is 0 Å². The maximum Gasteiger partial charge on any atom is 0.127 e. The van der Waals surface area contributed by atoms with Crippen molar-refractivity contribution in [3.63, 3.8) is 0 Å². The lowest BCUT2D eigenvalue weighted by Gasteiger charge is -2.19. The number of anilines is 3. The smallest absolute Gasteiger partial charge is 0.127 e. The van der Waals surface area contributed by atoms with E-state index in [1.54, 1.807) is 0 Å². The molecule has 1 aromatic heterocycles. The van der Waals surface area contributed by atoms with Crippen molar-refractivity contribution in [1.82, 2.24) is 4.98 Å². The molecule has 0 unspecified atom stereocenters. The summed E-state index contributed by atoms with van der Waals surface area (Å²) in [6, 6.07) is 14.5. The van der Waals surface area contributed by atoms with Crippen LogP contribution in [-0.2, 0) is 0 Å². The number of nitrogens with zero attached hydrogens (tertiary/aromatic N) is 2. The average molecular weight is 284 g/mol. The Labute approximate surface area is 127 Å². The first-order valence-electron chi connectivity index (χ1n) is 7.49. The zero-order valence-corrected chi connectivity index (χ0v) is 12.8. The second-order valence-corrected chi connectivity index (χ2v) is 5.00. The van der Waals surface area contributed by atoms with E-state index < -0.39 is 0 Å². The molecule has 0 aliphatic carbocycles. The zero-order valence-electron chi connectivity index (χ0n) is 12.8. The Morgan fingerprint density at radius 3 is 2.67 bits per heavy atom. The summed E-state index contributed by atoms with van der Waals surface area (Å²) in [4.78, 5) is 6.54. The summed E-state index contributed by atoms with van der Waals surface area (Å²) in [5, 5.41) is 6.66. The van der Waals surface area contributed by atoms with E-state index in [2.05, 4.69) is 58.8 Å². The van der Waals surface area contributed by atoms with Crippen molar-refractivity contribution in [2.45, 2.75) is 13.3 Å². The van der Waals surface area contributed by atoms with Gasteiger partial charge in [-0.3, -0.25) is 0 Å². The van der Waals surface area contributed by atoms with Crippen LogP contribution in [0.1, 0.15) is 13.3 Å². The van der Waals surface area contributed by atoms with Gasteiger partial charge in [-0.25, -0.2) is 4.98 Å². The van der Waals surface area contributed by atoms with Gasteiger partial charge in [0.2, 0.25) is 0 Å². The molecule has 1 heterocycles. The third kappa shape index (κ3) is 4.99. The molecule has 21 heavy (non-hydrogen) atoms. The Morgan fingerprint density at radius 2 is 1.90 bits per heavy atom. The van der Waals surface area contributed by atoms with Crippen molar-refractivity contribution >= 4 is 17.2 Å². The molecule has 0 radical (unpaired) electrons. The van der Waals surface area contributed by atoms with Crippen LogP contribution >= 0.6 is 0 Å². The summed E-state index contributed by atoms with van der Waals surface area (Å²) in [7, 11) is 2.13. The molecule has 0 aliphatic heterocycles. The summed E-state index contributed by atoms with van der Waals surface area (Å²) in [6.45, 7) is 4.94. The average Bonchev–Trinajstić information content (AvgIpc) is 2.53. The normalized spacial score (nSPS) is 10.2. The van der Waals surface area contributed by atoms with Gasteiger partial charge in [0, 0.05) is 50.3 Å². The van der Waals surface area contributed by atoms with E-state index in [0.717, 1.165) is 37.6 Å². The van der Waals surface area contributed by atoms with Gasteiger partial charge in [0.1, 0.15) is 5.82 Å². The first-order chi connectivity index (χ1) is 10.3. The van der Waals surface area contributed by atoms with Crippen molar-refractivity contribution < 1.29 is 0 Å². The van der Waals surface area contributed by atoms with Crippen LogP contribution in [0.3, 0.4) is 0 Å². The molecule has 1 aromatic carbocycles. The van der Waals surface area contributed by atoms with Gasteiger partial charge in [0.05, 0.1) is 0 Å². The number of benzene rings is 1. The van der Waals surface area contributed by atoms with E-state index >= 15 is 0 Å². The van der Waals surface area contributed by atoms with Crippen LogP contribution in [0.5, 0.6) is 0 Å². The number of hydrogen-bond donors (Lipinski definition) is 2. The highest BCUT2D eigenvalue weighted by Gasteiger charge is 2.00. The Kier molecular flexibility index (Phi) is 5.88. The number of para-hydroxylation sites is 1. The lowest BCUT2D eigenvalue weighted by atomic mass is 10.3. The van der Waals surface area contributed by atoms with Gasteiger partial charge < -0.3 is 15.5 Å². The van der Waals surface area contributed by atoms with E-state index in [9.17, 15) is 0 Å². The highest BCUT2D eigenvalue weighted by Crippen LogP contribution is 2.13. The van der Waals surface area contributed by atoms with Crippen LogP contribution in [0.2, 0.25) is 0 Å². The van der Waals surface area contributed by atoms with Gasteiger partial charge in [-0.1, -0.05) is 18.2 Å². The molecule has 0 aliphatic rings. The fourth-order valence-corrected chi connectivity index (χ4v) is 2.18. The van der Waals surface area contributed by atoms with Crippen LogP contribution in [0.25, 0.3) is 0 Å². The van der Waals surface area contributed by atoms with Crippen LogP contribution in [-0.4, -0.2) is 31.7 Å². The minimum atomic E-state index is 0.887. The summed E-state index contributed by atoms with van der Waals surface area (Å²) in [6.07, 6.45) is 2.92. The standard InChI is InChI=1S/C17H24N4/c1-3-18-17-14-15(10-12-20-17)19-11-7-13-21(2)16-8-5-4-6-9-16/h4-6,8-10,12,14H,3,7,11,13H2,1-2H3,(H2,18,19,20). The third-order valence-electron chi connectivity index (χ3n) is 3.31. The Bertz CT molecular complexity index is 527. The monoisotopic (exact) mass is 284 g/mol. The molecule has 112 valence electrons. The van der Waals surface area contributed by atoms with Gasteiger partial charge >= 0.3 is 0 Å². The lowest BCUT2D eigenvalue weighted by Crippen LogP contribution is -2.20. The number of aromatic nitrogens is 1. The van der Waals surface area contributed by atoms with E-state index in [4.69, 9.17) is 0 Å². The summed E-state index contributed by atoms with van der Waals surface area (Å²) < 4.78 is 0. The van der Waals surface area contributed by atoms with Crippen LogP contribution in [0, 0.1) is 0 Å². The zero-order chi connectivity index (χ0) is 14.9. The van der Waals surface area contributed by atoms with Crippen molar-refractivity contribution in [3.8, 4) is 0 Å². The Balaban J connectivity index is 1.73. The second kappa shape index (κ2) is 8.15. The van der Waals surface area contributed by atoms with Crippen molar-refractivity contribution in [2.24, 2.45) is 0 Å². The van der Waals surface area contributed by atoms with Gasteiger partial charge in [-0.05, 0) is 31.5 Å². The predicted octanol–water partition coefficient (Wildman–Crippen LogP) is 3.45. The van der Waals surface area contributed by atoms with E-state index in [1.165, 1.54) is 5.69 Å². The minimum Gasteiger partial charge on any atom is -0.385 e. The largest absolute Gasteiger partial charge is 0.385 e. The number of nitrogens with one attached hydrogen (secondary N) is 2. The van der Waals surface area contributed by atoms with E-state index in [0.29, 0.717) is 0 Å². The molecule has 4 nitrogen and oxygen atoms in total. The fourth-order valence-electron chi connectivity index (χ4n) is 2.18. The summed E-state index contributed by atoms with van der Waals surface area (Å²) in [5.41, 5.74) is 2.37. The molecule has 0 spiro atoms. The molecule has 0 atom stereocenters. The van der Waals surface area contributed by atoms with Gasteiger partial charge in [-0.15, -0.1) is 0 Å². The summed E-state index contributed by atoms with van der Waals surface area (Å²) >= 11 is 0. The molecule has 4 heteroatoms. The number of rotatable bonds is 8. The number of pyridine rings is 1. The maximum absolute atomic E-state index is 4.27. The number of hydrogen-bond acceptors (Lipinski definition) is 4. The molecule has 2 rings (SSSR count).